The number of carboxylic acid groups (broad SMARTS) is 1. The van der Waals surface area contributed by atoms with Gasteiger partial charge in [0, 0.05) is 12.3 Å². The molecule has 0 amide bonds. The van der Waals surface area contributed by atoms with Crippen LogP contribution in [0.3, 0.4) is 0 Å². The number of carboxylic acids is 1. The van der Waals surface area contributed by atoms with Gasteiger partial charge in [0.15, 0.2) is 11.4 Å². The maximum Gasteiger partial charge on any atom is 0.344 e. The first kappa shape index (κ1) is 23.0. The number of rotatable bonds is 5. The summed E-state index contributed by atoms with van der Waals surface area (Å²) in [5, 5.41) is 12.8. The minimum absolute atomic E-state index is 0.0152. The van der Waals surface area contributed by atoms with E-state index < -0.39 is 18.2 Å². The minimum Gasteiger partial charge on any atom is -0.479 e. The lowest BCUT2D eigenvalue weighted by molar-refractivity contribution is -0.187. The molecule has 4 aliphatic rings. The fourth-order valence-corrected chi connectivity index (χ4v) is 7.87. The Kier molecular flexibility index (Phi) is 5.74. The van der Waals surface area contributed by atoms with E-state index in [4.69, 9.17) is 14.7 Å². The quantitative estimate of drug-likeness (QED) is 0.500. The van der Waals surface area contributed by atoms with E-state index in [9.17, 15) is 14.4 Å². The number of oxime groups is 1. The van der Waals surface area contributed by atoms with Crippen LogP contribution in [0, 0.1) is 28.6 Å². The van der Waals surface area contributed by atoms with Gasteiger partial charge in [-0.25, -0.2) is 4.79 Å². The second-order valence-corrected chi connectivity index (χ2v) is 10.7. The third-order valence-electron chi connectivity index (χ3n) is 9.35. The number of ketones is 1. The normalized spacial score (nSPS) is 41.7. The Labute approximate surface area is 189 Å². The third kappa shape index (κ3) is 3.39. The molecular formula is C25H35NO6. The zero-order valence-corrected chi connectivity index (χ0v) is 19.6. The zero-order valence-electron chi connectivity index (χ0n) is 19.6. The molecule has 176 valence electrons. The summed E-state index contributed by atoms with van der Waals surface area (Å²) in [5.74, 6) is 0.00154. The predicted molar refractivity (Wildman–Crippen MR) is 118 cm³/mol. The molecule has 7 nitrogen and oxygen atoms in total. The van der Waals surface area contributed by atoms with Gasteiger partial charge in [-0.3, -0.25) is 9.59 Å². The van der Waals surface area contributed by atoms with E-state index in [1.54, 1.807) is 6.92 Å². The molecule has 7 heteroatoms. The highest BCUT2D eigenvalue weighted by Gasteiger charge is 2.67. The van der Waals surface area contributed by atoms with Crippen LogP contribution in [0.4, 0.5) is 0 Å². The van der Waals surface area contributed by atoms with Gasteiger partial charge in [0.2, 0.25) is 6.61 Å². The summed E-state index contributed by atoms with van der Waals surface area (Å²) in [6.45, 7) is 7.12. The molecule has 0 heterocycles. The lowest BCUT2D eigenvalue weighted by Crippen LogP contribution is -2.58. The summed E-state index contributed by atoms with van der Waals surface area (Å²) < 4.78 is 5.84. The molecule has 3 saturated carbocycles. The standard InChI is InChI=1S/C25H35NO6/c1-15(27)25(32-16(2)28)12-9-21-19-6-5-17-13-18(26-31-14-22(29)30)7-10-23(17,3)20(19)8-11-24(21,25)4/h13,19-21H,5-12,14H2,1-4H3,(H,29,30)/b26-18+/t19-,20-,21+,23-,24-,25-/m0/s1. The molecule has 0 spiro atoms. The van der Waals surface area contributed by atoms with Crippen molar-refractivity contribution >= 4 is 23.4 Å². The number of ether oxygens (including phenoxy) is 1. The van der Waals surface area contributed by atoms with Crippen LogP contribution in [0.5, 0.6) is 0 Å². The van der Waals surface area contributed by atoms with Gasteiger partial charge in [-0.1, -0.05) is 24.6 Å². The molecule has 6 atom stereocenters. The average molecular weight is 446 g/mol. The van der Waals surface area contributed by atoms with Crippen molar-refractivity contribution in [3.05, 3.63) is 11.6 Å². The molecule has 4 rings (SSSR count). The van der Waals surface area contributed by atoms with Crippen LogP contribution in [-0.4, -0.2) is 40.7 Å². The van der Waals surface area contributed by atoms with Gasteiger partial charge < -0.3 is 14.7 Å². The van der Waals surface area contributed by atoms with Crippen molar-refractivity contribution in [1.82, 2.24) is 0 Å². The summed E-state index contributed by atoms with van der Waals surface area (Å²) >= 11 is 0. The number of carbonyl (C=O) groups is 3. The van der Waals surface area contributed by atoms with Gasteiger partial charge in [-0.2, -0.15) is 0 Å². The summed E-state index contributed by atoms with van der Waals surface area (Å²) in [6.07, 6.45) is 9.37. The largest absolute Gasteiger partial charge is 0.479 e. The number of aliphatic carboxylic acids is 1. The van der Waals surface area contributed by atoms with Crippen molar-refractivity contribution in [3.63, 3.8) is 0 Å². The van der Waals surface area contributed by atoms with Crippen molar-refractivity contribution in [2.24, 2.45) is 33.7 Å². The van der Waals surface area contributed by atoms with E-state index in [-0.39, 0.29) is 22.6 Å². The van der Waals surface area contributed by atoms with Gasteiger partial charge in [-0.15, -0.1) is 0 Å². The summed E-state index contributed by atoms with van der Waals surface area (Å²) in [6, 6.07) is 0. The van der Waals surface area contributed by atoms with Gasteiger partial charge in [0.1, 0.15) is 0 Å². The summed E-state index contributed by atoms with van der Waals surface area (Å²) in [5.41, 5.74) is 0.999. The molecule has 32 heavy (non-hydrogen) atoms. The topological polar surface area (TPSA) is 102 Å². The fourth-order valence-electron chi connectivity index (χ4n) is 7.87. The van der Waals surface area contributed by atoms with Crippen molar-refractivity contribution in [2.45, 2.75) is 84.7 Å². The first-order valence-corrected chi connectivity index (χ1v) is 11.9. The van der Waals surface area contributed by atoms with Gasteiger partial charge >= 0.3 is 11.9 Å². The number of carbonyl (C=O) groups excluding carboxylic acids is 2. The molecule has 1 N–H and O–H groups in total. The van der Waals surface area contributed by atoms with Gasteiger partial charge in [-0.05, 0) is 87.5 Å². The number of esters is 1. The molecule has 0 unspecified atom stereocenters. The Morgan fingerprint density at radius 1 is 1.06 bits per heavy atom. The molecule has 0 radical (unpaired) electrons. The maximum absolute atomic E-state index is 12.8. The van der Waals surface area contributed by atoms with Crippen LogP contribution in [0.15, 0.2) is 16.8 Å². The number of hydrogen-bond acceptors (Lipinski definition) is 6. The second-order valence-electron chi connectivity index (χ2n) is 10.7. The molecule has 0 aliphatic heterocycles. The molecule has 0 aromatic heterocycles. The van der Waals surface area contributed by atoms with Gasteiger partial charge in [0.25, 0.3) is 0 Å². The Morgan fingerprint density at radius 2 is 1.78 bits per heavy atom. The lowest BCUT2D eigenvalue weighted by Gasteiger charge is -2.59. The van der Waals surface area contributed by atoms with Crippen LogP contribution in [0.1, 0.15) is 79.1 Å². The number of fused-ring (bicyclic) bond motifs is 5. The average Bonchev–Trinajstić information content (AvgIpc) is 3.01. The Morgan fingerprint density at radius 3 is 2.44 bits per heavy atom. The van der Waals surface area contributed by atoms with E-state index in [0.29, 0.717) is 24.2 Å². The molecule has 0 aromatic carbocycles. The fraction of sp³-hybridized carbons (Fsp3) is 0.760. The van der Waals surface area contributed by atoms with E-state index >= 15 is 0 Å². The smallest absolute Gasteiger partial charge is 0.344 e. The Hall–Kier alpha value is -2.18. The number of Topliss-reactive ketones (excluding diaryl/α,β-unsaturated/α-hetero) is 1. The minimum atomic E-state index is -1.03. The second kappa shape index (κ2) is 7.99. The van der Waals surface area contributed by atoms with E-state index in [1.165, 1.54) is 12.5 Å². The third-order valence-corrected chi connectivity index (χ3v) is 9.35. The van der Waals surface area contributed by atoms with Crippen LogP contribution in [-0.2, 0) is 24.0 Å². The first-order valence-electron chi connectivity index (χ1n) is 11.9. The van der Waals surface area contributed by atoms with Crippen LogP contribution in [0.25, 0.3) is 0 Å². The van der Waals surface area contributed by atoms with E-state index in [2.05, 4.69) is 25.1 Å². The highest BCUT2D eigenvalue weighted by molar-refractivity contribution is 5.96. The van der Waals surface area contributed by atoms with E-state index in [1.807, 2.05) is 0 Å². The molecule has 0 bridgehead atoms. The van der Waals surface area contributed by atoms with E-state index in [0.717, 1.165) is 50.7 Å². The van der Waals surface area contributed by atoms with Gasteiger partial charge in [0.05, 0.1) is 5.71 Å². The van der Waals surface area contributed by atoms with Crippen LogP contribution in [0.2, 0.25) is 0 Å². The summed E-state index contributed by atoms with van der Waals surface area (Å²) in [7, 11) is 0. The van der Waals surface area contributed by atoms with Crippen molar-refractivity contribution < 1.29 is 29.1 Å². The first-order chi connectivity index (χ1) is 15.0. The highest BCUT2D eigenvalue weighted by atomic mass is 16.6. The lowest BCUT2D eigenvalue weighted by atomic mass is 9.46. The number of nitrogens with zero attached hydrogens (tertiary/aromatic N) is 1. The predicted octanol–water partition coefficient (Wildman–Crippen LogP) is 4.30. The monoisotopic (exact) mass is 445 g/mol. The zero-order chi connectivity index (χ0) is 23.3. The number of hydrogen-bond donors (Lipinski definition) is 1. The Bertz CT molecular complexity index is 893. The molecular weight excluding hydrogens is 410 g/mol. The van der Waals surface area contributed by atoms with Crippen LogP contribution >= 0.6 is 0 Å². The number of allylic oxidation sites excluding steroid dienone is 2. The molecule has 0 saturated heterocycles. The SMILES string of the molecule is CC(=O)O[C@]1(C(C)=O)CC[C@@H]2[C@H]3CCC4=C/C(=N/OCC(=O)O)CC[C@]4(C)[C@H]3CC[C@@]21C. The maximum atomic E-state index is 12.8. The molecule has 0 aromatic rings. The van der Waals surface area contributed by atoms with Crippen molar-refractivity contribution in [3.8, 4) is 0 Å². The van der Waals surface area contributed by atoms with Crippen molar-refractivity contribution in [2.75, 3.05) is 6.61 Å². The molecule has 4 aliphatic carbocycles. The summed E-state index contributed by atoms with van der Waals surface area (Å²) in [4.78, 5) is 40.4. The molecule has 3 fully saturated rings. The Balaban J connectivity index is 1.59. The van der Waals surface area contributed by atoms with Crippen molar-refractivity contribution in [1.29, 1.82) is 0 Å². The van der Waals surface area contributed by atoms with Crippen LogP contribution < -0.4 is 0 Å². The highest BCUT2D eigenvalue weighted by Crippen LogP contribution is 2.68.